The van der Waals surface area contributed by atoms with Gasteiger partial charge in [0, 0.05) is 6.54 Å². The summed E-state index contributed by atoms with van der Waals surface area (Å²) in [5.74, 6) is -0.0454. The molecule has 3 heteroatoms. The molecule has 0 saturated heterocycles. The van der Waals surface area contributed by atoms with E-state index in [1.807, 2.05) is 6.92 Å². The van der Waals surface area contributed by atoms with Gasteiger partial charge >= 0.3 is 0 Å². The third-order valence-corrected chi connectivity index (χ3v) is 0.998. The molecule has 10 heavy (non-hydrogen) atoms. The van der Waals surface area contributed by atoms with Gasteiger partial charge in [0.05, 0.1) is 0 Å². The van der Waals surface area contributed by atoms with Gasteiger partial charge in [-0.1, -0.05) is 6.08 Å². The van der Waals surface area contributed by atoms with Crippen molar-refractivity contribution in [2.75, 3.05) is 13.1 Å². The molecule has 3 nitrogen and oxygen atoms in total. The molecule has 0 saturated carbocycles. The first-order valence-corrected chi connectivity index (χ1v) is 3.42. The maximum absolute atomic E-state index is 10.7. The first-order valence-electron chi connectivity index (χ1n) is 3.42. The highest BCUT2D eigenvalue weighted by atomic mass is 16.1. The van der Waals surface area contributed by atoms with E-state index in [0.717, 1.165) is 6.42 Å². The van der Waals surface area contributed by atoms with E-state index in [1.165, 1.54) is 6.08 Å². The van der Waals surface area contributed by atoms with Crippen LogP contribution in [0, 0.1) is 0 Å². The standard InChI is InChI=1S/C7H14N2O/c1-2-4-7(10)9-6-3-5-8/h2,4H,3,5-6,8H2,1H3,(H,9,10). The average Bonchev–Trinajstić information content (AvgIpc) is 1.89. The minimum atomic E-state index is -0.0454. The van der Waals surface area contributed by atoms with Gasteiger partial charge in [-0.3, -0.25) is 4.79 Å². The summed E-state index contributed by atoms with van der Waals surface area (Å²) in [5, 5.41) is 2.68. The largest absolute Gasteiger partial charge is 0.353 e. The predicted octanol–water partition coefficient (Wildman–Crippen LogP) is 0.0275. The number of hydrogen-bond donors (Lipinski definition) is 2. The number of carbonyl (C=O) groups is 1. The molecule has 0 unspecified atom stereocenters. The van der Waals surface area contributed by atoms with Crippen LogP contribution in [-0.4, -0.2) is 19.0 Å². The number of nitrogens with one attached hydrogen (secondary N) is 1. The van der Waals surface area contributed by atoms with Crippen LogP contribution in [0.1, 0.15) is 13.3 Å². The Morgan fingerprint density at radius 3 is 2.90 bits per heavy atom. The monoisotopic (exact) mass is 142 g/mol. The van der Waals surface area contributed by atoms with E-state index >= 15 is 0 Å². The van der Waals surface area contributed by atoms with Gasteiger partial charge in [-0.25, -0.2) is 0 Å². The average molecular weight is 142 g/mol. The molecule has 0 fully saturated rings. The molecule has 0 aliphatic carbocycles. The molecule has 58 valence electrons. The van der Waals surface area contributed by atoms with E-state index in [0.29, 0.717) is 13.1 Å². The SMILES string of the molecule is CC=CC(=O)NCCCN. The van der Waals surface area contributed by atoms with E-state index in [2.05, 4.69) is 5.32 Å². The zero-order valence-corrected chi connectivity index (χ0v) is 6.26. The highest BCUT2D eigenvalue weighted by molar-refractivity contribution is 5.87. The molecule has 0 bridgehead atoms. The number of amides is 1. The normalized spacial score (nSPS) is 10.2. The Labute approximate surface area is 61.3 Å². The van der Waals surface area contributed by atoms with Crippen LogP contribution < -0.4 is 11.1 Å². The van der Waals surface area contributed by atoms with Crippen molar-refractivity contribution in [2.45, 2.75) is 13.3 Å². The van der Waals surface area contributed by atoms with Crippen molar-refractivity contribution in [1.82, 2.24) is 5.32 Å². The lowest BCUT2D eigenvalue weighted by molar-refractivity contribution is -0.116. The Balaban J connectivity index is 3.22. The summed E-state index contributed by atoms with van der Waals surface area (Å²) in [6.45, 7) is 3.10. The van der Waals surface area contributed by atoms with Crippen LogP contribution in [0.25, 0.3) is 0 Å². The molecule has 0 aromatic carbocycles. The molecule has 0 aliphatic heterocycles. The molecule has 0 atom stereocenters. The molecular formula is C7H14N2O. The molecule has 0 heterocycles. The van der Waals surface area contributed by atoms with Crippen LogP contribution >= 0.6 is 0 Å². The number of nitrogens with two attached hydrogens (primary N) is 1. The highest BCUT2D eigenvalue weighted by Gasteiger charge is 1.90. The Morgan fingerprint density at radius 1 is 1.70 bits per heavy atom. The van der Waals surface area contributed by atoms with Crippen LogP contribution in [0.4, 0.5) is 0 Å². The van der Waals surface area contributed by atoms with Gasteiger partial charge in [-0.05, 0) is 26.0 Å². The van der Waals surface area contributed by atoms with Crippen molar-refractivity contribution in [3.05, 3.63) is 12.2 Å². The van der Waals surface area contributed by atoms with Crippen molar-refractivity contribution in [1.29, 1.82) is 0 Å². The van der Waals surface area contributed by atoms with Crippen molar-refractivity contribution < 1.29 is 4.79 Å². The van der Waals surface area contributed by atoms with Crippen molar-refractivity contribution >= 4 is 5.91 Å². The van der Waals surface area contributed by atoms with Crippen LogP contribution in [0.5, 0.6) is 0 Å². The van der Waals surface area contributed by atoms with Gasteiger partial charge in [0.15, 0.2) is 0 Å². The highest BCUT2D eigenvalue weighted by Crippen LogP contribution is 1.73. The minimum absolute atomic E-state index is 0.0454. The van der Waals surface area contributed by atoms with Gasteiger partial charge in [0.2, 0.25) is 5.91 Å². The summed E-state index contributed by atoms with van der Waals surface area (Å²) in [4.78, 5) is 10.7. The second-order valence-corrected chi connectivity index (χ2v) is 1.93. The summed E-state index contributed by atoms with van der Waals surface area (Å²) in [5.41, 5.74) is 5.22. The fraction of sp³-hybridized carbons (Fsp3) is 0.571. The lowest BCUT2D eigenvalue weighted by atomic mass is 10.4. The van der Waals surface area contributed by atoms with Crippen LogP contribution in [0.15, 0.2) is 12.2 Å². The summed E-state index contributed by atoms with van der Waals surface area (Å²) >= 11 is 0. The first kappa shape index (κ1) is 9.17. The fourth-order valence-electron chi connectivity index (χ4n) is 0.524. The number of rotatable bonds is 4. The van der Waals surface area contributed by atoms with E-state index in [1.54, 1.807) is 6.08 Å². The zero-order chi connectivity index (χ0) is 7.82. The molecule has 3 N–H and O–H groups in total. The molecule has 0 aliphatic rings. The maximum atomic E-state index is 10.7. The Morgan fingerprint density at radius 2 is 2.40 bits per heavy atom. The Kier molecular flexibility index (Phi) is 5.77. The van der Waals surface area contributed by atoms with E-state index in [-0.39, 0.29) is 5.91 Å². The van der Waals surface area contributed by atoms with Gasteiger partial charge < -0.3 is 11.1 Å². The van der Waals surface area contributed by atoms with Crippen molar-refractivity contribution in [2.24, 2.45) is 5.73 Å². The zero-order valence-electron chi connectivity index (χ0n) is 6.26. The van der Waals surface area contributed by atoms with Crippen LogP contribution in [0.3, 0.4) is 0 Å². The molecular weight excluding hydrogens is 128 g/mol. The minimum Gasteiger partial charge on any atom is -0.353 e. The van der Waals surface area contributed by atoms with E-state index in [4.69, 9.17) is 5.73 Å². The number of carbonyl (C=O) groups excluding carboxylic acids is 1. The third kappa shape index (κ3) is 5.31. The smallest absolute Gasteiger partial charge is 0.243 e. The van der Waals surface area contributed by atoms with Gasteiger partial charge in [-0.2, -0.15) is 0 Å². The summed E-state index contributed by atoms with van der Waals surface area (Å²) in [6.07, 6.45) is 4.04. The topological polar surface area (TPSA) is 55.1 Å². The molecule has 0 radical (unpaired) electrons. The summed E-state index contributed by atoms with van der Waals surface area (Å²) < 4.78 is 0. The second-order valence-electron chi connectivity index (χ2n) is 1.93. The lowest BCUT2D eigenvalue weighted by Crippen LogP contribution is -2.23. The molecule has 0 spiro atoms. The lowest BCUT2D eigenvalue weighted by Gasteiger charge is -1.97. The Hall–Kier alpha value is -0.830. The number of hydrogen-bond acceptors (Lipinski definition) is 2. The van der Waals surface area contributed by atoms with Gasteiger partial charge in [0.25, 0.3) is 0 Å². The third-order valence-electron chi connectivity index (χ3n) is 0.998. The predicted molar refractivity (Wildman–Crippen MR) is 41.5 cm³/mol. The van der Waals surface area contributed by atoms with E-state index < -0.39 is 0 Å². The second kappa shape index (κ2) is 6.29. The fourth-order valence-corrected chi connectivity index (χ4v) is 0.524. The van der Waals surface area contributed by atoms with Gasteiger partial charge in [-0.15, -0.1) is 0 Å². The van der Waals surface area contributed by atoms with Crippen molar-refractivity contribution in [3.63, 3.8) is 0 Å². The maximum Gasteiger partial charge on any atom is 0.243 e. The Bertz CT molecular complexity index is 121. The quantitative estimate of drug-likeness (QED) is 0.429. The first-order chi connectivity index (χ1) is 4.81. The summed E-state index contributed by atoms with van der Waals surface area (Å²) in [6, 6.07) is 0. The number of allylic oxidation sites excluding steroid dienone is 1. The van der Waals surface area contributed by atoms with Crippen LogP contribution in [0.2, 0.25) is 0 Å². The molecule has 1 amide bonds. The molecule has 0 rings (SSSR count). The van der Waals surface area contributed by atoms with Crippen molar-refractivity contribution in [3.8, 4) is 0 Å². The molecule has 0 aromatic heterocycles. The van der Waals surface area contributed by atoms with E-state index in [9.17, 15) is 4.79 Å². The van der Waals surface area contributed by atoms with Crippen LogP contribution in [-0.2, 0) is 4.79 Å². The van der Waals surface area contributed by atoms with Gasteiger partial charge in [0.1, 0.15) is 0 Å². The molecule has 0 aromatic rings. The summed E-state index contributed by atoms with van der Waals surface area (Å²) in [7, 11) is 0.